The van der Waals surface area contributed by atoms with Crippen molar-refractivity contribution in [2.24, 2.45) is 11.8 Å². The van der Waals surface area contributed by atoms with E-state index in [0.29, 0.717) is 5.56 Å². The first kappa shape index (κ1) is 16.2. The molecule has 3 nitrogen and oxygen atoms in total. The van der Waals surface area contributed by atoms with Crippen LogP contribution in [0, 0.1) is 11.8 Å². The van der Waals surface area contributed by atoms with Crippen molar-refractivity contribution in [3.05, 3.63) is 46.5 Å². The van der Waals surface area contributed by atoms with E-state index in [1.54, 1.807) is 24.3 Å². The molecule has 1 aliphatic rings. The average molecular weight is 327 g/mol. The van der Waals surface area contributed by atoms with Gasteiger partial charge in [0.2, 0.25) is 0 Å². The first-order valence-electron chi connectivity index (χ1n) is 6.67. The van der Waals surface area contributed by atoms with Gasteiger partial charge >= 0.3 is 0 Å². The topological polar surface area (TPSA) is 54.4 Å². The molecular formula is C16H16Cl2O3. The molecule has 0 spiro atoms. The Hall–Kier alpha value is -1.16. The van der Waals surface area contributed by atoms with Gasteiger partial charge in [-0.2, -0.15) is 0 Å². The maximum atomic E-state index is 12.3. The van der Waals surface area contributed by atoms with E-state index in [2.05, 4.69) is 0 Å². The number of carbonyl (C=O) groups excluding carboxylic acids is 2. The standard InChI is InChI=1S/C16H16Cl2O3/c1-10(19)15-11(7-14(17)18)8-16(21,9-13(15)20)12-5-3-2-4-6-12/h2-7,11,15,21H,8-9H2,1H3. The van der Waals surface area contributed by atoms with Crippen molar-refractivity contribution in [3.63, 3.8) is 0 Å². The molecule has 112 valence electrons. The summed E-state index contributed by atoms with van der Waals surface area (Å²) in [5.74, 6) is -1.80. The zero-order valence-corrected chi connectivity index (χ0v) is 13.1. The van der Waals surface area contributed by atoms with Crippen LogP contribution in [0.1, 0.15) is 25.3 Å². The Morgan fingerprint density at radius 3 is 2.48 bits per heavy atom. The van der Waals surface area contributed by atoms with E-state index in [-0.39, 0.29) is 28.9 Å². The van der Waals surface area contributed by atoms with Crippen LogP contribution in [-0.2, 0) is 15.2 Å². The lowest BCUT2D eigenvalue weighted by Crippen LogP contribution is -2.44. The molecule has 1 aromatic rings. The Bertz CT molecular complexity index is 578. The zero-order chi connectivity index (χ0) is 15.6. The van der Waals surface area contributed by atoms with E-state index in [1.165, 1.54) is 13.0 Å². The van der Waals surface area contributed by atoms with Gasteiger partial charge in [0, 0.05) is 6.42 Å². The second kappa shape index (κ2) is 6.30. The van der Waals surface area contributed by atoms with Crippen LogP contribution in [0.4, 0.5) is 0 Å². The summed E-state index contributed by atoms with van der Waals surface area (Å²) < 4.78 is -0.00337. The Kier molecular flexibility index (Phi) is 4.87. The molecule has 2 rings (SSSR count). The van der Waals surface area contributed by atoms with Gasteiger partial charge in [0.25, 0.3) is 0 Å². The van der Waals surface area contributed by atoms with Gasteiger partial charge in [0.1, 0.15) is 16.1 Å². The van der Waals surface area contributed by atoms with Crippen LogP contribution in [0.15, 0.2) is 40.9 Å². The molecule has 1 fully saturated rings. The van der Waals surface area contributed by atoms with Crippen LogP contribution >= 0.6 is 23.2 Å². The largest absolute Gasteiger partial charge is 0.385 e. The van der Waals surface area contributed by atoms with Crippen molar-refractivity contribution in [3.8, 4) is 0 Å². The van der Waals surface area contributed by atoms with Gasteiger partial charge in [-0.25, -0.2) is 0 Å². The molecule has 0 saturated heterocycles. The van der Waals surface area contributed by atoms with Gasteiger partial charge in [-0.05, 0) is 30.9 Å². The highest BCUT2D eigenvalue weighted by Crippen LogP contribution is 2.42. The van der Waals surface area contributed by atoms with Gasteiger partial charge in [0.05, 0.1) is 11.5 Å². The molecule has 0 aliphatic heterocycles. The highest BCUT2D eigenvalue weighted by atomic mass is 35.5. The van der Waals surface area contributed by atoms with Crippen molar-refractivity contribution in [1.29, 1.82) is 0 Å². The quantitative estimate of drug-likeness (QED) is 0.866. The lowest BCUT2D eigenvalue weighted by atomic mass is 9.67. The number of halogens is 2. The Morgan fingerprint density at radius 2 is 1.95 bits per heavy atom. The number of allylic oxidation sites excluding steroid dienone is 1. The summed E-state index contributed by atoms with van der Waals surface area (Å²) in [5.41, 5.74) is -0.640. The molecule has 0 bridgehead atoms. The fourth-order valence-electron chi connectivity index (χ4n) is 3.03. The number of carbonyl (C=O) groups is 2. The highest BCUT2D eigenvalue weighted by molar-refractivity contribution is 6.55. The second-order valence-electron chi connectivity index (χ2n) is 5.45. The van der Waals surface area contributed by atoms with E-state index >= 15 is 0 Å². The van der Waals surface area contributed by atoms with E-state index < -0.39 is 17.4 Å². The predicted molar refractivity (Wildman–Crippen MR) is 82.0 cm³/mol. The van der Waals surface area contributed by atoms with Gasteiger partial charge < -0.3 is 5.11 Å². The molecule has 3 unspecified atom stereocenters. The van der Waals surface area contributed by atoms with Crippen molar-refractivity contribution < 1.29 is 14.7 Å². The molecule has 0 radical (unpaired) electrons. The average Bonchev–Trinajstić information content (AvgIpc) is 2.37. The molecule has 1 aromatic carbocycles. The molecule has 1 N–H and O–H groups in total. The van der Waals surface area contributed by atoms with Crippen LogP contribution in [-0.4, -0.2) is 16.7 Å². The maximum Gasteiger partial charge on any atom is 0.147 e. The van der Waals surface area contributed by atoms with Crippen molar-refractivity contribution >= 4 is 34.8 Å². The van der Waals surface area contributed by atoms with E-state index in [1.807, 2.05) is 6.07 Å². The first-order chi connectivity index (χ1) is 9.83. The molecule has 5 heteroatoms. The number of Topliss-reactive ketones (excluding diaryl/α,β-unsaturated/α-hetero) is 2. The summed E-state index contributed by atoms with van der Waals surface area (Å²) in [4.78, 5) is 24.1. The van der Waals surface area contributed by atoms with Crippen molar-refractivity contribution in [1.82, 2.24) is 0 Å². The molecule has 1 aliphatic carbocycles. The summed E-state index contributed by atoms with van der Waals surface area (Å²) in [5, 5.41) is 10.8. The minimum absolute atomic E-state index is 0.00337. The summed E-state index contributed by atoms with van der Waals surface area (Å²) in [6.45, 7) is 1.37. The van der Waals surface area contributed by atoms with Gasteiger partial charge in [-0.1, -0.05) is 53.5 Å². The molecule has 0 aromatic heterocycles. The van der Waals surface area contributed by atoms with Gasteiger partial charge in [-0.15, -0.1) is 0 Å². The van der Waals surface area contributed by atoms with Crippen molar-refractivity contribution in [2.45, 2.75) is 25.4 Å². The number of benzene rings is 1. The second-order valence-corrected chi connectivity index (χ2v) is 6.46. The minimum atomic E-state index is -1.30. The number of hydrogen-bond acceptors (Lipinski definition) is 3. The fraction of sp³-hybridized carbons (Fsp3) is 0.375. The molecule has 3 atom stereocenters. The lowest BCUT2D eigenvalue weighted by molar-refractivity contribution is -0.143. The fourth-order valence-corrected chi connectivity index (χ4v) is 3.35. The Labute approximate surface area is 133 Å². The third-order valence-corrected chi connectivity index (χ3v) is 4.16. The van der Waals surface area contributed by atoms with E-state index in [4.69, 9.17) is 23.2 Å². The SMILES string of the molecule is CC(=O)C1C(=O)CC(O)(c2ccccc2)CC1C=C(Cl)Cl. The molecule has 21 heavy (non-hydrogen) atoms. The van der Waals surface area contributed by atoms with E-state index in [0.717, 1.165) is 0 Å². The normalized spacial score (nSPS) is 29.0. The van der Waals surface area contributed by atoms with Crippen LogP contribution in [0.25, 0.3) is 0 Å². The molecule has 0 heterocycles. The van der Waals surface area contributed by atoms with Crippen LogP contribution in [0.3, 0.4) is 0 Å². The smallest absolute Gasteiger partial charge is 0.147 e. The van der Waals surface area contributed by atoms with Crippen LogP contribution in [0.2, 0.25) is 0 Å². The third kappa shape index (κ3) is 3.54. The molecular weight excluding hydrogens is 311 g/mol. The van der Waals surface area contributed by atoms with Crippen LogP contribution < -0.4 is 0 Å². The minimum Gasteiger partial charge on any atom is -0.385 e. The monoisotopic (exact) mass is 326 g/mol. The summed E-state index contributed by atoms with van der Waals surface area (Å²) in [6.07, 6.45) is 1.63. The third-order valence-electron chi connectivity index (χ3n) is 3.90. The van der Waals surface area contributed by atoms with Gasteiger partial charge in [-0.3, -0.25) is 9.59 Å². The first-order valence-corrected chi connectivity index (χ1v) is 7.43. The summed E-state index contributed by atoms with van der Waals surface area (Å²) in [6, 6.07) is 8.97. The predicted octanol–water partition coefficient (Wildman–Crippen LogP) is 3.38. The van der Waals surface area contributed by atoms with Gasteiger partial charge in [0.15, 0.2) is 0 Å². The zero-order valence-electron chi connectivity index (χ0n) is 11.6. The Balaban J connectivity index is 2.40. The number of rotatable bonds is 3. The van der Waals surface area contributed by atoms with E-state index in [9.17, 15) is 14.7 Å². The summed E-state index contributed by atoms with van der Waals surface area (Å²) in [7, 11) is 0. The molecule has 0 amide bonds. The van der Waals surface area contributed by atoms with Crippen LogP contribution in [0.5, 0.6) is 0 Å². The lowest BCUT2D eigenvalue weighted by Gasteiger charge is -2.39. The summed E-state index contributed by atoms with van der Waals surface area (Å²) >= 11 is 11.4. The number of hydrogen-bond donors (Lipinski definition) is 1. The molecule has 1 saturated carbocycles. The maximum absolute atomic E-state index is 12.3. The number of aliphatic hydroxyl groups is 1. The number of ketones is 2. The van der Waals surface area contributed by atoms with Crippen molar-refractivity contribution in [2.75, 3.05) is 0 Å². The Morgan fingerprint density at radius 1 is 1.33 bits per heavy atom. The highest BCUT2D eigenvalue weighted by Gasteiger charge is 2.46.